The lowest BCUT2D eigenvalue weighted by atomic mass is 9.85. The molecular formula is C17H18ClNO2. The van der Waals surface area contributed by atoms with Crippen LogP contribution >= 0.6 is 11.6 Å². The van der Waals surface area contributed by atoms with Crippen molar-refractivity contribution in [3.63, 3.8) is 0 Å². The van der Waals surface area contributed by atoms with E-state index in [-0.39, 0.29) is 22.4 Å². The summed E-state index contributed by atoms with van der Waals surface area (Å²) < 4.78 is 0. The zero-order valence-electron chi connectivity index (χ0n) is 11.9. The average molecular weight is 304 g/mol. The van der Waals surface area contributed by atoms with E-state index in [1.807, 2.05) is 12.1 Å². The molecule has 0 saturated heterocycles. The predicted octanol–water partition coefficient (Wildman–Crippen LogP) is 3.34. The van der Waals surface area contributed by atoms with Crippen molar-refractivity contribution in [3.05, 3.63) is 57.6 Å². The van der Waals surface area contributed by atoms with E-state index in [2.05, 4.69) is 24.4 Å². The van der Waals surface area contributed by atoms with Crippen LogP contribution in [-0.2, 0) is 6.42 Å². The maximum absolute atomic E-state index is 9.93. The number of halogens is 1. The van der Waals surface area contributed by atoms with Crippen molar-refractivity contribution in [2.75, 3.05) is 13.1 Å². The molecule has 2 aromatic rings. The Hall–Kier alpha value is -1.71. The Labute approximate surface area is 129 Å². The van der Waals surface area contributed by atoms with E-state index in [1.54, 1.807) is 6.07 Å². The highest BCUT2D eigenvalue weighted by molar-refractivity contribution is 6.33. The lowest BCUT2D eigenvalue weighted by Gasteiger charge is -2.21. The molecule has 3 rings (SSSR count). The Kier molecular flexibility index (Phi) is 3.79. The van der Waals surface area contributed by atoms with Crippen LogP contribution in [0.5, 0.6) is 11.5 Å². The maximum atomic E-state index is 9.93. The zero-order valence-corrected chi connectivity index (χ0v) is 12.6. The minimum Gasteiger partial charge on any atom is -0.504 e. The maximum Gasteiger partial charge on any atom is 0.176 e. The van der Waals surface area contributed by atoms with Gasteiger partial charge < -0.3 is 15.5 Å². The van der Waals surface area contributed by atoms with E-state index in [1.165, 1.54) is 11.1 Å². The van der Waals surface area contributed by atoms with Crippen LogP contribution in [0, 0.1) is 6.92 Å². The van der Waals surface area contributed by atoms with Gasteiger partial charge in [-0.15, -0.1) is 0 Å². The highest BCUT2D eigenvalue weighted by atomic mass is 35.5. The van der Waals surface area contributed by atoms with Gasteiger partial charge in [0.15, 0.2) is 11.5 Å². The molecule has 3 N–H and O–H groups in total. The molecule has 0 aliphatic carbocycles. The van der Waals surface area contributed by atoms with Crippen molar-refractivity contribution < 1.29 is 10.2 Å². The Morgan fingerprint density at radius 1 is 1.19 bits per heavy atom. The number of benzene rings is 2. The summed E-state index contributed by atoms with van der Waals surface area (Å²) in [4.78, 5) is 0. The van der Waals surface area contributed by atoms with Crippen LogP contribution in [0.3, 0.4) is 0 Å². The van der Waals surface area contributed by atoms with Gasteiger partial charge in [0.2, 0.25) is 0 Å². The van der Waals surface area contributed by atoms with E-state index in [4.69, 9.17) is 11.6 Å². The number of hydrogen-bond acceptors (Lipinski definition) is 3. The van der Waals surface area contributed by atoms with Crippen LogP contribution < -0.4 is 5.32 Å². The topological polar surface area (TPSA) is 52.5 Å². The first kappa shape index (κ1) is 14.2. The first-order chi connectivity index (χ1) is 10.1. The molecule has 1 atom stereocenters. The second kappa shape index (κ2) is 5.58. The average Bonchev–Trinajstić information content (AvgIpc) is 2.68. The quantitative estimate of drug-likeness (QED) is 0.708. The molecule has 4 heteroatoms. The van der Waals surface area contributed by atoms with Crippen molar-refractivity contribution in [1.82, 2.24) is 5.32 Å². The molecule has 0 unspecified atom stereocenters. The van der Waals surface area contributed by atoms with Gasteiger partial charge in [0.25, 0.3) is 0 Å². The molecule has 1 aliphatic rings. The van der Waals surface area contributed by atoms with Crippen molar-refractivity contribution in [2.45, 2.75) is 19.3 Å². The smallest absolute Gasteiger partial charge is 0.176 e. The van der Waals surface area contributed by atoms with Crippen LogP contribution in [0.2, 0.25) is 5.02 Å². The van der Waals surface area contributed by atoms with E-state index >= 15 is 0 Å². The largest absolute Gasteiger partial charge is 0.504 e. The summed E-state index contributed by atoms with van der Waals surface area (Å²) in [6, 6.07) is 9.89. The van der Waals surface area contributed by atoms with Crippen LogP contribution in [-0.4, -0.2) is 23.3 Å². The number of aromatic hydroxyl groups is 2. The van der Waals surface area contributed by atoms with Gasteiger partial charge in [-0.1, -0.05) is 35.9 Å². The minimum absolute atomic E-state index is 0.118. The van der Waals surface area contributed by atoms with E-state index < -0.39 is 0 Å². The van der Waals surface area contributed by atoms with Crippen LogP contribution in [0.15, 0.2) is 30.3 Å². The molecule has 2 aromatic carbocycles. The Morgan fingerprint density at radius 3 is 2.71 bits per heavy atom. The van der Waals surface area contributed by atoms with Gasteiger partial charge in [0, 0.05) is 12.5 Å². The molecule has 0 aromatic heterocycles. The molecule has 21 heavy (non-hydrogen) atoms. The summed E-state index contributed by atoms with van der Waals surface area (Å²) >= 11 is 6.24. The fourth-order valence-corrected chi connectivity index (χ4v) is 3.38. The molecule has 0 radical (unpaired) electrons. The summed E-state index contributed by atoms with van der Waals surface area (Å²) in [5.74, 6) is -0.257. The summed E-state index contributed by atoms with van der Waals surface area (Å²) in [5, 5.41) is 23.5. The Bertz CT molecular complexity index is 685. The van der Waals surface area contributed by atoms with Gasteiger partial charge in [-0.05, 0) is 48.2 Å². The lowest BCUT2D eigenvalue weighted by Crippen LogP contribution is -2.21. The number of rotatable bonds is 1. The van der Waals surface area contributed by atoms with Crippen molar-refractivity contribution in [2.24, 2.45) is 0 Å². The number of phenols is 2. The lowest BCUT2D eigenvalue weighted by molar-refractivity contribution is 0.402. The Morgan fingerprint density at radius 2 is 1.95 bits per heavy atom. The molecule has 0 amide bonds. The second-order valence-electron chi connectivity index (χ2n) is 5.49. The van der Waals surface area contributed by atoms with Gasteiger partial charge in [0.05, 0.1) is 5.02 Å². The van der Waals surface area contributed by atoms with Crippen LogP contribution in [0.4, 0.5) is 0 Å². The third-order valence-electron chi connectivity index (χ3n) is 4.20. The molecular weight excluding hydrogens is 286 g/mol. The fraction of sp³-hybridized carbons (Fsp3) is 0.294. The van der Waals surface area contributed by atoms with Gasteiger partial charge in [-0.25, -0.2) is 0 Å². The van der Waals surface area contributed by atoms with Crippen LogP contribution in [0.25, 0.3) is 0 Å². The number of fused-ring (bicyclic) bond motifs is 1. The standard InChI is InChI=1S/C17H18ClNO2/c1-10-4-2-3-5-11(10)14-9-19-7-6-12-13(14)8-15(20)17(21)16(12)18/h2-5,8,14,19-21H,6-7,9H2,1H3/t14-/m1/s1. The second-order valence-corrected chi connectivity index (χ2v) is 5.87. The van der Waals surface area contributed by atoms with E-state index in [9.17, 15) is 10.2 Å². The molecule has 1 heterocycles. The summed E-state index contributed by atoms with van der Waals surface area (Å²) in [6.07, 6.45) is 0.740. The number of hydrogen-bond donors (Lipinski definition) is 3. The minimum atomic E-state index is -0.221. The number of aryl methyl sites for hydroxylation is 1. The zero-order chi connectivity index (χ0) is 15.0. The van der Waals surface area contributed by atoms with Crippen molar-refractivity contribution in [3.8, 4) is 11.5 Å². The van der Waals surface area contributed by atoms with E-state index in [0.29, 0.717) is 0 Å². The van der Waals surface area contributed by atoms with Crippen molar-refractivity contribution in [1.29, 1.82) is 0 Å². The fourth-order valence-electron chi connectivity index (χ4n) is 3.07. The molecule has 0 spiro atoms. The van der Waals surface area contributed by atoms with Gasteiger partial charge in [-0.3, -0.25) is 0 Å². The molecule has 110 valence electrons. The predicted molar refractivity (Wildman–Crippen MR) is 84.4 cm³/mol. The third-order valence-corrected chi connectivity index (χ3v) is 4.60. The van der Waals surface area contributed by atoms with Gasteiger partial charge in [-0.2, -0.15) is 0 Å². The first-order valence-electron chi connectivity index (χ1n) is 7.09. The number of phenolic OH excluding ortho intramolecular Hbond substituents is 2. The molecule has 0 saturated carbocycles. The van der Waals surface area contributed by atoms with Gasteiger partial charge >= 0.3 is 0 Å². The molecule has 0 bridgehead atoms. The van der Waals surface area contributed by atoms with Crippen molar-refractivity contribution >= 4 is 11.6 Å². The normalized spacial score (nSPS) is 18.1. The monoisotopic (exact) mass is 303 g/mol. The third kappa shape index (κ3) is 2.47. The highest BCUT2D eigenvalue weighted by Gasteiger charge is 2.26. The summed E-state index contributed by atoms with van der Waals surface area (Å²) in [6.45, 7) is 3.68. The summed E-state index contributed by atoms with van der Waals surface area (Å²) in [5.41, 5.74) is 4.34. The molecule has 3 nitrogen and oxygen atoms in total. The van der Waals surface area contributed by atoms with Crippen LogP contribution in [0.1, 0.15) is 28.2 Å². The molecule has 0 fully saturated rings. The van der Waals surface area contributed by atoms with E-state index in [0.717, 1.165) is 30.6 Å². The molecule has 1 aliphatic heterocycles. The SMILES string of the molecule is Cc1ccccc1[C@H]1CNCCc2c1cc(O)c(O)c2Cl. The summed E-state index contributed by atoms with van der Waals surface area (Å²) in [7, 11) is 0. The Balaban J connectivity index is 2.20. The highest BCUT2D eigenvalue weighted by Crippen LogP contribution is 2.43. The number of nitrogens with one attached hydrogen (secondary N) is 1. The van der Waals surface area contributed by atoms with Gasteiger partial charge in [0.1, 0.15) is 0 Å². The first-order valence-corrected chi connectivity index (χ1v) is 7.47.